The number of ether oxygens (including phenoxy) is 3. The minimum atomic E-state index is -0.212. The van der Waals surface area contributed by atoms with Crippen molar-refractivity contribution >= 4 is 6.03 Å². The predicted molar refractivity (Wildman–Crippen MR) is 98.5 cm³/mol. The van der Waals surface area contributed by atoms with Crippen molar-refractivity contribution in [1.29, 1.82) is 0 Å². The van der Waals surface area contributed by atoms with Crippen LogP contribution in [0.5, 0.6) is 11.5 Å². The molecule has 1 aliphatic heterocycles. The lowest BCUT2D eigenvalue weighted by Crippen LogP contribution is -2.44. The third kappa shape index (κ3) is 5.67. The first-order valence-corrected chi connectivity index (χ1v) is 8.83. The SMILES string of the molecule is O=C(NCCCOCc1ccccc1)NCC1COc2ccccc2O1. The normalized spacial score (nSPS) is 15.3. The number of rotatable bonds is 8. The standard InChI is InChI=1S/C20H24N2O4/c23-20(21-11-6-12-24-14-16-7-2-1-3-8-16)22-13-17-15-25-18-9-4-5-10-19(18)26-17/h1-5,7-10,17H,6,11-15H2,(H2,21,22,23). The van der Waals surface area contributed by atoms with Gasteiger partial charge in [0.05, 0.1) is 13.2 Å². The Hall–Kier alpha value is -2.73. The fourth-order valence-electron chi connectivity index (χ4n) is 2.57. The van der Waals surface area contributed by atoms with E-state index in [2.05, 4.69) is 10.6 Å². The maximum atomic E-state index is 11.8. The van der Waals surface area contributed by atoms with Gasteiger partial charge in [0.25, 0.3) is 0 Å². The molecule has 0 saturated heterocycles. The third-order valence-corrected chi connectivity index (χ3v) is 3.92. The van der Waals surface area contributed by atoms with Gasteiger partial charge in [-0.2, -0.15) is 0 Å². The molecule has 26 heavy (non-hydrogen) atoms. The van der Waals surface area contributed by atoms with Gasteiger partial charge in [0.1, 0.15) is 6.61 Å². The summed E-state index contributed by atoms with van der Waals surface area (Å²) in [4.78, 5) is 11.8. The van der Waals surface area contributed by atoms with E-state index in [0.29, 0.717) is 38.7 Å². The van der Waals surface area contributed by atoms with Crippen molar-refractivity contribution in [2.45, 2.75) is 19.1 Å². The molecule has 1 heterocycles. The lowest BCUT2D eigenvalue weighted by atomic mass is 10.2. The molecule has 1 aliphatic rings. The summed E-state index contributed by atoms with van der Waals surface area (Å²) in [5, 5.41) is 5.62. The van der Waals surface area contributed by atoms with Gasteiger partial charge in [0.2, 0.25) is 0 Å². The number of para-hydroxylation sites is 2. The molecule has 6 heteroatoms. The highest BCUT2D eigenvalue weighted by Crippen LogP contribution is 2.30. The molecule has 0 fully saturated rings. The highest BCUT2D eigenvalue weighted by atomic mass is 16.6. The molecule has 0 aromatic heterocycles. The van der Waals surface area contributed by atoms with Crippen LogP contribution in [0.3, 0.4) is 0 Å². The molecule has 1 atom stereocenters. The molecule has 2 aromatic carbocycles. The molecule has 138 valence electrons. The van der Waals surface area contributed by atoms with Crippen LogP contribution in [0.2, 0.25) is 0 Å². The topological polar surface area (TPSA) is 68.8 Å². The van der Waals surface area contributed by atoms with Crippen LogP contribution in [0, 0.1) is 0 Å². The van der Waals surface area contributed by atoms with Crippen molar-refractivity contribution in [3.8, 4) is 11.5 Å². The minimum absolute atomic E-state index is 0.190. The van der Waals surface area contributed by atoms with Crippen molar-refractivity contribution in [3.05, 3.63) is 60.2 Å². The van der Waals surface area contributed by atoms with E-state index in [9.17, 15) is 4.79 Å². The zero-order chi connectivity index (χ0) is 18.0. The molecule has 2 amide bonds. The van der Waals surface area contributed by atoms with E-state index >= 15 is 0 Å². The molecule has 2 aromatic rings. The summed E-state index contributed by atoms with van der Waals surface area (Å²) in [6.07, 6.45) is 0.571. The van der Waals surface area contributed by atoms with Gasteiger partial charge in [0.15, 0.2) is 17.6 Å². The number of amides is 2. The Morgan fingerprint density at radius 1 is 1.04 bits per heavy atom. The lowest BCUT2D eigenvalue weighted by molar-refractivity contribution is 0.0917. The number of benzene rings is 2. The maximum Gasteiger partial charge on any atom is 0.314 e. The van der Waals surface area contributed by atoms with Gasteiger partial charge in [-0.1, -0.05) is 42.5 Å². The van der Waals surface area contributed by atoms with Gasteiger partial charge in [-0.25, -0.2) is 4.79 Å². The predicted octanol–water partition coefficient (Wildman–Crippen LogP) is 2.73. The van der Waals surface area contributed by atoms with E-state index in [0.717, 1.165) is 17.7 Å². The fourth-order valence-corrected chi connectivity index (χ4v) is 2.57. The van der Waals surface area contributed by atoms with Crippen LogP contribution in [-0.2, 0) is 11.3 Å². The monoisotopic (exact) mass is 356 g/mol. The summed E-state index contributed by atoms with van der Waals surface area (Å²) in [5.41, 5.74) is 1.15. The van der Waals surface area contributed by atoms with Crippen molar-refractivity contribution < 1.29 is 19.0 Å². The summed E-state index contributed by atoms with van der Waals surface area (Å²) in [6.45, 7) is 2.57. The van der Waals surface area contributed by atoms with Crippen LogP contribution in [0.1, 0.15) is 12.0 Å². The molecule has 3 rings (SSSR count). The first-order valence-electron chi connectivity index (χ1n) is 8.83. The zero-order valence-electron chi connectivity index (χ0n) is 14.6. The van der Waals surface area contributed by atoms with E-state index in [1.54, 1.807) is 0 Å². The van der Waals surface area contributed by atoms with Crippen molar-refractivity contribution in [2.24, 2.45) is 0 Å². The van der Waals surface area contributed by atoms with Crippen LogP contribution < -0.4 is 20.1 Å². The summed E-state index contributed by atoms with van der Waals surface area (Å²) in [6, 6.07) is 17.3. The van der Waals surface area contributed by atoms with E-state index in [-0.39, 0.29) is 12.1 Å². The number of nitrogens with one attached hydrogen (secondary N) is 2. The first-order chi connectivity index (χ1) is 12.8. The smallest absolute Gasteiger partial charge is 0.314 e. The molecule has 6 nitrogen and oxygen atoms in total. The molecule has 1 unspecified atom stereocenters. The van der Waals surface area contributed by atoms with Gasteiger partial charge >= 0.3 is 6.03 Å². The van der Waals surface area contributed by atoms with Crippen LogP contribution in [0.4, 0.5) is 4.79 Å². The Balaban J connectivity index is 1.24. The summed E-state index contributed by atoms with van der Waals surface area (Å²) in [5.74, 6) is 1.45. The highest BCUT2D eigenvalue weighted by Gasteiger charge is 2.20. The number of fused-ring (bicyclic) bond motifs is 1. The second kappa shape index (κ2) is 9.68. The number of carbonyl (C=O) groups excluding carboxylic acids is 1. The molecule has 0 radical (unpaired) electrons. The number of carbonyl (C=O) groups is 1. The Labute approximate surface area is 153 Å². The second-order valence-electron chi connectivity index (χ2n) is 6.03. The highest BCUT2D eigenvalue weighted by molar-refractivity contribution is 5.73. The van der Waals surface area contributed by atoms with Gasteiger partial charge in [-0.05, 0) is 24.1 Å². The van der Waals surface area contributed by atoms with Crippen molar-refractivity contribution in [3.63, 3.8) is 0 Å². The summed E-state index contributed by atoms with van der Waals surface area (Å²) < 4.78 is 17.0. The van der Waals surface area contributed by atoms with Gasteiger partial charge in [-0.3, -0.25) is 0 Å². The molecule has 0 saturated carbocycles. The fraction of sp³-hybridized carbons (Fsp3) is 0.350. The van der Waals surface area contributed by atoms with Gasteiger partial charge in [-0.15, -0.1) is 0 Å². The number of urea groups is 1. The summed E-state index contributed by atoms with van der Waals surface area (Å²) in [7, 11) is 0. The molecular formula is C20H24N2O4. The zero-order valence-corrected chi connectivity index (χ0v) is 14.6. The molecule has 0 aliphatic carbocycles. The van der Waals surface area contributed by atoms with E-state index < -0.39 is 0 Å². The summed E-state index contributed by atoms with van der Waals surface area (Å²) >= 11 is 0. The van der Waals surface area contributed by atoms with Crippen molar-refractivity contribution in [1.82, 2.24) is 10.6 Å². The van der Waals surface area contributed by atoms with E-state index in [1.807, 2.05) is 54.6 Å². The number of hydrogen-bond acceptors (Lipinski definition) is 4. The largest absolute Gasteiger partial charge is 0.486 e. The Morgan fingerprint density at radius 3 is 2.65 bits per heavy atom. The Kier molecular flexibility index (Phi) is 6.73. The molecule has 0 spiro atoms. The molecule has 0 bridgehead atoms. The minimum Gasteiger partial charge on any atom is -0.486 e. The number of hydrogen-bond donors (Lipinski definition) is 2. The van der Waals surface area contributed by atoms with E-state index in [4.69, 9.17) is 14.2 Å². The second-order valence-corrected chi connectivity index (χ2v) is 6.03. The molecule has 2 N–H and O–H groups in total. The van der Waals surface area contributed by atoms with E-state index in [1.165, 1.54) is 0 Å². The maximum absolute atomic E-state index is 11.8. The quantitative estimate of drug-likeness (QED) is 0.714. The third-order valence-electron chi connectivity index (χ3n) is 3.92. The lowest BCUT2D eigenvalue weighted by Gasteiger charge is -2.26. The van der Waals surface area contributed by atoms with Crippen LogP contribution in [0.25, 0.3) is 0 Å². The molecular weight excluding hydrogens is 332 g/mol. The van der Waals surface area contributed by atoms with Crippen LogP contribution >= 0.6 is 0 Å². The Bertz CT molecular complexity index is 693. The first kappa shape index (κ1) is 18.1. The average Bonchev–Trinajstić information content (AvgIpc) is 2.69. The van der Waals surface area contributed by atoms with Crippen molar-refractivity contribution in [2.75, 3.05) is 26.3 Å². The van der Waals surface area contributed by atoms with Crippen LogP contribution in [0.15, 0.2) is 54.6 Å². The van der Waals surface area contributed by atoms with Crippen LogP contribution in [-0.4, -0.2) is 38.4 Å². The Morgan fingerprint density at radius 2 is 1.81 bits per heavy atom. The average molecular weight is 356 g/mol. The van der Waals surface area contributed by atoms with Gasteiger partial charge < -0.3 is 24.8 Å². The van der Waals surface area contributed by atoms with Gasteiger partial charge in [0, 0.05) is 13.2 Å².